The number of unbranched alkanes of at least 4 members (excludes halogenated alkanes) is 6. The van der Waals surface area contributed by atoms with Crippen LogP contribution < -0.4 is 6.15 Å². The molecule has 8 heteroatoms. The molecule has 0 unspecified atom stereocenters. The van der Waals surface area contributed by atoms with Crippen LogP contribution in [0.3, 0.4) is 0 Å². The molecule has 0 radical (unpaired) electrons. The number of benzene rings is 1. The van der Waals surface area contributed by atoms with Crippen molar-refractivity contribution in [2.75, 3.05) is 0 Å². The summed E-state index contributed by atoms with van der Waals surface area (Å²) in [6.07, 6.45) is 14.1. The quantitative estimate of drug-likeness (QED) is 0.0856. The molecule has 1 aromatic carbocycles. The van der Waals surface area contributed by atoms with Gasteiger partial charge in [0.2, 0.25) is 0 Å². The molecule has 222 valence electrons. The van der Waals surface area contributed by atoms with E-state index >= 15 is 0 Å². The first-order valence-electron chi connectivity index (χ1n) is 15.4. The first-order chi connectivity index (χ1) is 18.2. The molecule has 1 aromatic rings. The SMILES string of the molecule is CCC[CH2][Sn]([CH2]CCC)([CH2]CCC)[O]c1c(Cl)c(Cl)c([O][Sn]([CH2]CCC)([CH2]CCC)[CH2]CCC)c(Cl)c1Cl. The molecular formula is C30H54Cl4O2Sn2. The van der Waals surface area contributed by atoms with Gasteiger partial charge in [-0.25, -0.2) is 0 Å². The third-order valence-corrected chi connectivity index (χ3v) is 34.7. The van der Waals surface area contributed by atoms with E-state index in [2.05, 4.69) is 41.5 Å². The van der Waals surface area contributed by atoms with Gasteiger partial charge in [0, 0.05) is 0 Å². The molecule has 0 N–H and O–H groups in total. The van der Waals surface area contributed by atoms with Crippen molar-refractivity contribution in [2.24, 2.45) is 0 Å². The van der Waals surface area contributed by atoms with E-state index in [0.717, 1.165) is 0 Å². The van der Waals surface area contributed by atoms with E-state index in [0.29, 0.717) is 31.6 Å². The van der Waals surface area contributed by atoms with Gasteiger partial charge in [0.15, 0.2) is 0 Å². The van der Waals surface area contributed by atoms with E-state index in [9.17, 15) is 0 Å². The van der Waals surface area contributed by atoms with Crippen LogP contribution in [0.25, 0.3) is 0 Å². The van der Waals surface area contributed by atoms with Crippen molar-refractivity contribution in [1.29, 1.82) is 0 Å². The Hall–Kier alpha value is 1.58. The summed E-state index contributed by atoms with van der Waals surface area (Å²) in [6.45, 7) is 13.5. The predicted molar refractivity (Wildman–Crippen MR) is 178 cm³/mol. The van der Waals surface area contributed by atoms with E-state index < -0.39 is 37.6 Å². The Labute approximate surface area is 264 Å². The van der Waals surface area contributed by atoms with Crippen LogP contribution in [0.2, 0.25) is 46.7 Å². The Morgan fingerprint density at radius 2 is 0.579 bits per heavy atom. The second kappa shape index (κ2) is 20.5. The molecule has 0 aromatic heterocycles. The zero-order chi connectivity index (χ0) is 28.6. The molecule has 0 saturated heterocycles. The van der Waals surface area contributed by atoms with Crippen molar-refractivity contribution in [2.45, 2.75) is 145 Å². The van der Waals surface area contributed by atoms with E-state index in [-0.39, 0.29) is 0 Å². The van der Waals surface area contributed by atoms with E-state index in [4.69, 9.17) is 52.6 Å². The van der Waals surface area contributed by atoms with Crippen molar-refractivity contribution < 1.29 is 6.15 Å². The van der Waals surface area contributed by atoms with Crippen LogP contribution in [0.15, 0.2) is 0 Å². The van der Waals surface area contributed by atoms with Gasteiger partial charge >= 0.3 is 267 Å². The minimum atomic E-state index is -3.07. The zero-order valence-corrected chi connectivity index (χ0v) is 33.8. The van der Waals surface area contributed by atoms with Gasteiger partial charge in [-0.2, -0.15) is 0 Å². The van der Waals surface area contributed by atoms with Gasteiger partial charge in [0.05, 0.1) is 0 Å². The van der Waals surface area contributed by atoms with E-state index in [1.807, 2.05) is 0 Å². The fraction of sp³-hybridized carbons (Fsp3) is 0.800. The molecule has 0 heterocycles. The van der Waals surface area contributed by atoms with Crippen LogP contribution in [0, 0.1) is 0 Å². The molecule has 38 heavy (non-hydrogen) atoms. The van der Waals surface area contributed by atoms with Gasteiger partial charge in [-0.1, -0.05) is 0 Å². The summed E-state index contributed by atoms with van der Waals surface area (Å²) in [7, 11) is 0. The second-order valence-electron chi connectivity index (χ2n) is 11.1. The fourth-order valence-electron chi connectivity index (χ4n) is 5.25. The molecule has 0 fully saturated rings. The van der Waals surface area contributed by atoms with Crippen LogP contribution in [0.5, 0.6) is 11.5 Å². The van der Waals surface area contributed by atoms with Crippen molar-refractivity contribution in [3.63, 3.8) is 0 Å². The van der Waals surface area contributed by atoms with Crippen LogP contribution >= 0.6 is 46.4 Å². The third kappa shape index (κ3) is 11.7. The molecule has 0 aliphatic carbocycles. The number of rotatable bonds is 22. The van der Waals surface area contributed by atoms with E-state index in [1.165, 1.54) is 104 Å². The number of halogens is 4. The van der Waals surface area contributed by atoms with Crippen molar-refractivity contribution in [1.82, 2.24) is 0 Å². The molecule has 0 aliphatic rings. The Bertz CT molecular complexity index is 669. The maximum atomic E-state index is 7.05. The van der Waals surface area contributed by atoms with Crippen molar-refractivity contribution in [3.05, 3.63) is 20.1 Å². The molecular weight excluding hydrogens is 772 g/mol. The monoisotopic (exact) mass is 826 g/mol. The third-order valence-electron chi connectivity index (χ3n) is 7.74. The van der Waals surface area contributed by atoms with Crippen LogP contribution in [-0.4, -0.2) is 37.6 Å². The van der Waals surface area contributed by atoms with Gasteiger partial charge in [0.25, 0.3) is 0 Å². The summed E-state index contributed by atoms with van der Waals surface area (Å²) in [5.74, 6) is 1.04. The molecule has 2 nitrogen and oxygen atoms in total. The number of hydrogen-bond acceptors (Lipinski definition) is 2. The molecule has 0 spiro atoms. The Balaban J connectivity index is 3.57. The summed E-state index contributed by atoms with van der Waals surface area (Å²) in [4.78, 5) is 0. The van der Waals surface area contributed by atoms with E-state index in [1.54, 1.807) is 0 Å². The fourth-order valence-corrected chi connectivity index (χ4v) is 33.7. The molecule has 0 atom stereocenters. The van der Waals surface area contributed by atoms with Crippen molar-refractivity contribution in [3.8, 4) is 11.5 Å². The first-order valence-corrected chi connectivity index (χ1v) is 31.4. The summed E-state index contributed by atoms with van der Waals surface area (Å²) in [6, 6.07) is 0. The summed E-state index contributed by atoms with van der Waals surface area (Å²) in [5, 5.41) is 1.57. The van der Waals surface area contributed by atoms with Crippen molar-refractivity contribution >= 4 is 84.0 Å². The molecule has 0 amide bonds. The van der Waals surface area contributed by atoms with Crippen LogP contribution in [-0.2, 0) is 0 Å². The average molecular weight is 826 g/mol. The van der Waals surface area contributed by atoms with Gasteiger partial charge in [-0.3, -0.25) is 0 Å². The first kappa shape index (κ1) is 37.6. The Kier molecular flexibility index (Phi) is 20.3. The van der Waals surface area contributed by atoms with Gasteiger partial charge in [-0.15, -0.1) is 0 Å². The minimum absolute atomic E-state index is 0.392. The topological polar surface area (TPSA) is 18.5 Å². The Morgan fingerprint density at radius 3 is 0.737 bits per heavy atom. The summed E-state index contributed by atoms with van der Waals surface area (Å²) in [5.41, 5.74) is 0. The van der Waals surface area contributed by atoms with Crippen LogP contribution in [0.4, 0.5) is 0 Å². The summed E-state index contributed by atoms with van der Waals surface area (Å²) < 4.78 is 21.2. The van der Waals surface area contributed by atoms with Gasteiger partial charge in [0.1, 0.15) is 0 Å². The predicted octanol–water partition coefficient (Wildman–Crippen LogP) is 13.7. The number of hydrogen-bond donors (Lipinski definition) is 0. The Morgan fingerprint density at radius 1 is 0.395 bits per heavy atom. The second-order valence-corrected chi connectivity index (χ2v) is 35.9. The maximum absolute atomic E-state index is 7.05. The molecule has 0 saturated carbocycles. The van der Waals surface area contributed by atoms with Gasteiger partial charge < -0.3 is 0 Å². The molecule has 0 bridgehead atoms. The standard InChI is InChI=1S/C6H2Cl4O2.6C4H9.2Sn/c7-1-2(8)6(12)4(10)3(9)5(1)11;6*1-3-4-2;;/h11-12H;6*1,3-4H2,2H3;;/q;;;;;;;2*+1/p-2. The van der Waals surface area contributed by atoms with Crippen LogP contribution in [0.1, 0.15) is 119 Å². The average Bonchev–Trinajstić information content (AvgIpc) is 2.93. The molecule has 1 rings (SSSR count). The summed E-state index contributed by atoms with van der Waals surface area (Å²) >= 11 is 21.9. The van der Waals surface area contributed by atoms with Gasteiger partial charge in [-0.05, 0) is 0 Å². The molecule has 0 aliphatic heterocycles. The normalized spacial score (nSPS) is 12.3. The zero-order valence-electron chi connectivity index (χ0n) is 25.1.